The normalized spacial score (nSPS) is 26.1. The third-order valence-corrected chi connectivity index (χ3v) is 6.01. The molecular weight excluding hydrogens is 290 g/mol. The van der Waals surface area contributed by atoms with Gasteiger partial charge in [-0.25, -0.2) is 4.98 Å². The zero-order valence-electron chi connectivity index (χ0n) is 14.0. The van der Waals surface area contributed by atoms with E-state index in [-0.39, 0.29) is 0 Å². The van der Waals surface area contributed by atoms with E-state index in [1.807, 2.05) is 5.51 Å². The van der Waals surface area contributed by atoms with Gasteiger partial charge in [0.25, 0.3) is 0 Å². The molecular formula is C18H29N3S. The summed E-state index contributed by atoms with van der Waals surface area (Å²) < 4.78 is 0. The Balaban J connectivity index is 1.40. The Morgan fingerprint density at radius 2 is 2.23 bits per heavy atom. The summed E-state index contributed by atoms with van der Waals surface area (Å²) in [6.07, 6.45) is 10.1. The van der Waals surface area contributed by atoms with Crippen LogP contribution in [-0.2, 0) is 6.54 Å². The summed E-state index contributed by atoms with van der Waals surface area (Å²) >= 11 is 1.79. The van der Waals surface area contributed by atoms with Gasteiger partial charge in [-0.2, -0.15) is 0 Å². The summed E-state index contributed by atoms with van der Waals surface area (Å²) in [7, 11) is 2.26. The number of aryl methyl sites for hydroxylation is 1. The van der Waals surface area contributed by atoms with Gasteiger partial charge in [0.15, 0.2) is 0 Å². The molecule has 1 aliphatic heterocycles. The Bertz CT molecular complexity index is 496. The van der Waals surface area contributed by atoms with Gasteiger partial charge < -0.3 is 9.80 Å². The van der Waals surface area contributed by atoms with E-state index < -0.39 is 0 Å². The van der Waals surface area contributed by atoms with Crippen molar-refractivity contribution in [3.63, 3.8) is 0 Å². The van der Waals surface area contributed by atoms with Crippen LogP contribution in [0, 0.1) is 18.8 Å². The van der Waals surface area contributed by atoms with Crippen LogP contribution in [0.5, 0.6) is 0 Å². The second kappa shape index (κ2) is 7.71. The molecule has 1 aromatic heterocycles. The highest BCUT2D eigenvalue weighted by atomic mass is 32.1. The molecule has 1 saturated heterocycles. The van der Waals surface area contributed by atoms with Gasteiger partial charge in [0.05, 0.1) is 11.2 Å². The quantitative estimate of drug-likeness (QED) is 0.747. The lowest BCUT2D eigenvalue weighted by Crippen LogP contribution is -2.31. The van der Waals surface area contributed by atoms with Gasteiger partial charge in [-0.1, -0.05) is 12.2 Å². The maximum atomic E-state index is 4.36. The van der Waals surface area contributed by atoms with Gasteiger partial charge >= 0.3 is 0 Å². The fourth-order valence-electron chi connectivity index (χ4n) is 3.84. The van der Waals surface area contributed by atoms with Gasteiger partial charge in [0, 0.05) is 31.1 Å². The van der Waals surface area contributed by atoms with E-state index >= 15 is 0 Å². The molecule has 3 rings (SSSR count). The second-order valence-corrected chi connectivity index (χ2v) is 8.06. The Morgan fingerprint density at radius 1 is 1.32 bits per heavy atom. The van der Waals surface area contributed by atoms with Crippen LogP contribution in [0.15, 0.2) is 17.7 Å². The summed E-state index contributed by atoms with van der Waals surface area (Å²) in [6, 6.07) is 0. The monoisotopic (exact) mass is 319 g/mol. The van der Waals surface area contributed by atoms with E-state index in [9.17, 15) is 0 Å². The Hall–Kier alpha value is -0.710. The molecule has 4 heteroatoms. The molecule has 3 nitrogen and oxygen atoms in total. The van der Waals surface area contributed by atoms with E-state index in [4.69, 9.17) is 0 Å². The maximum absolute atomic E-state index is 4.36. The zero-order valence-corrected chi connectivity index (χ0v) is 14.8. The van der Waals surface area contributed by atoms with Crippen molar-refractivity contribution in [1.29, 1.82) is 0 Å². The molecule has 0 unspecified atom stereocenters. The lowest BCUT2D eigenvalue weighted by molar-refractivity contribution is 0.235. The first-order valence-electron chi connectivity index (χ1n) is 8.65. The van der Waals surface area contributed by atoms with Crippen molar-refractivity contribution >= 4 is 11.3 Å². The Kier molecular flexibility index (Phi) is 5.66. The van der Waals surface area contributed by atoms with Crippen LogP contribution in [0.4, 0.5) is 0 Å². The molecule has 0 bridgehead atoms. The first-order chi connectivity index (χ1) is 10.7. The first-order valence-corrected chi connectivity index (χ1v) is 9.53. The maximum Gasteiger partial charge on any atom is 0.0798 e. The molecule has 2 atom stereocenters. The SMILES string of the molecule is Cc1ncsc1CN(C)C[C@H]1CCN(C[C@@H]2CC=CCC2)C1. The predicted octanol–water partition coefficient (Wildman–Crippen LogP) is 3.56. The average Bonchev–Trinajstić information content (AvgIpc) is 3.10. The molecule has 0 radical (unpaired) electrons. The molecule has 0 saturated carbocycles. The van der Waals surface area contributed by atoms with Crippen LogP contribution in [-0.4, -0.2) is 48.0 Å². The summed E-state index contributed by atoms with van der Waals surface area (Å²) in [5.74, 6) is 1.75. The first kappa shape index (κ1) is 16.2. The smallest absolute Gasteiger partial charge is 0.0798 e. The highest BCUT2D eigenvalue weighted by molar-refractivity contribution is 7.09. The third kappa shape index (κ3) is 4.40. The van der Waals surface area contributed by atoms with Crippen LogP contribution in [0.3, 0.4) is 0 Å². The molecule has 1 aliphatic carbocycles. The number of thiazole rings is 1. The van der Waals surface area contributed by atoms with Crippen LogP contribution in [0.25, 0.3) is 0 Å². The van der Waals surface area contributed by atoms with Crippen LogP contribution in [0.1, 0.15) is 36.3 Å². The minimum absolute atomic E-state index is 0.845. The average molecular weight is 320 g/mol. The number of hydrogen-bond acceptors (Lipinski definition) is 4. The lowest BCUT2D eigenvalue weighted by Gasteiger charge is -2.25. The van der Waals surface area contributed by atoms with Crippen molar-refractivity contribution < 1.29 is 0 Å². The van der Waals surface area contributed by atoms with Crippen molar-refractivity contribution in [2.75, 3.05) is 33.2 Å². The van der Waals surface area contributed by atoms with Crippen molar-refractivity contribution in [1.82, 2.24) is 14.8 Å². The minimum Gasteiger partial charge on any atom is -0.303 e. The van der Waals surface area contributed by atoms with Crippen molar-refractivity contribution in [2.24, 2.45) is 11.8 Å². The van der Waals surface area contributed by atoms with Gasteiger partial charge in [-0.05, 0) is 58.0 Å². The number of rotatable bonds is 6. The zero-order chi connectivity index (χ0) is 15.4. The van der Waals surface area contributed by atoms with Crippen LogP contribution < -0.4 is 0 Å². The van der Waals surface area contributed by atoms with Crippen molar-refractivity contribution in [2.45, 2.75) is 39.2 Å². The molecule has 1 fully saturated rings. The highest BCUT2D eigenvalue weighted by Gasteiger charge is 2.25. The molecule has 0 N–H and O–H groups in total. The molecule has 22 heavy (non-hydrogen) atoms. The van der Waals surface area contributed by atoms with E-state index in [1.165, 1.54) is 62.4 Å². The summed E-state index contributed by atoms with van der Waals surface area (Å²) in [5, 5.41) is 0. The topological polar surface area (TPSA) is 19.4 Å². The summed E-state index contributed by atoms with van der Waals surface area (Å²) in [4.78, 5) is 11.0. The van der Waals surface area contributed by atoms with Crippen LogP contribution in [0.2, 0.25) is 0 Å². The Labute approximate surface area is 139 Å². The summed E-state index contributed by atoms with van der Waals surface area (Å²) in [6.45, 7) is 8.32. The molecule has 2 aliphatic rings. The van der Waals surface area contributed by atoms with Gasteiger partial charge in [0.1, 0.15) is 0 Å². The highest BCUT2D eigenvalue weighted by Crippen LogP contribution is 2.24. The largest absolute Gasteiger partial charge is 0.303 e. The number of likely N-dealkylation sites (tertiary alicyclic amines) is 1. The number of allylic oxidation sites excluding steroid dienone is 2. The van der Waals surface area contributed by atoms with E-state index in [0.29, 0.717) is 0 Å². The fraction of sp³-hybridized carbons (Fsp3) is 0.722. The minimum atomic E-state index is 0.845. The standard InChI is InChI=1S/C18H29N3S/c1-15-18(22-14-19-15)13-20(2)10-17-8-9-21(12-17)11-16-6-4-3-5-7-16/h3-4,14,16-17H,5-13H2,1-2H3/t16-,17-/m1/s1. The van der Waals surface area contributed by atoms with Gasteiger partial charge in [0.2, 0.25) is 0 Å². The number of nitrogens with zero attached hydrogens (tertiary/aromatic N) is 3. The molecule has 1 aromatic rings. The van der Waals surface area contributed by atoms with E-state index in [0.717, 1.165) is 18.4 Å². The Morgan fingerprint density at radius 3 is 2.95 bits per heavy atom. The van der Waals surface area contributed by atoms with Crippen molar-refractivity contribution in [3.05, 3.63) is 28.2 Å². The lowest BCUT2D eigenvalue weighted by atomic mass is 9.94. The van der Waals surface area contributed by atoms with Gasteiger partial charge in [-0.15, -0.1) is 11.3 Å². The third-order valence-electron chi connectivity index (χ3n) is 5.09. The second-order valence-electron chi connectivity index (χ2n) is 7.12. The molecule has 0 spiro atoms. The van der Waals surface area contributed by atoms with Crippen LogP contribution >= 0.6 is 11.3 Å². The summed E-state index contributed by atoms with van der Waals surface area (Å²) in [5.41, 5.74) is 3.17. The number of aromatic nitrogens is 1. The van der Waals surface area contributed by atoms with Gasteiger partial charge in [-0.3, -0.25) is 0 Å². The molecule has 122 valence electrons. The van der Waals surface area contributed by atoms with E-state index in [1.54, 1.807) is 11.3 Å². The van der Waals surface area contributed by atoms with Crippen molar-refractivity contribution in [3.8, 4) is 0 Å². The molecule has 0 amide bonds. The fourth-order valence-corrected chi connectivity index (χ4v) is 4.70. The van der Waals surface area contributed by atoms with E-state index in [2.05, 4.69) is 40.9 Å². The molecule has 0 aromatic carbocycles. The number of hydrogen-bond donors (Lipinski definition) is 0. The predicted molar refractivity (Wildman–Crippen MR) is 94.2 cm³/mol. The molecule has 2 heterocycles.